The molecule has 0 bridgehead atoms. The average molecular weight is 449 g/mol. The molecule has 0 spiro atoms. The third-order valence-corrected chi connectivity index (χ3v) is 6.67. The molecular weight excluding hydrogens is 423 g/mol. The second kappa shape index (κ2) is 8.60. The van der Waals surface area contributed by atoms with E-state index < -0.39 is 35.4 Å². The number of nitrogens with zero attached hydrogens (tertiary/aromatic N) is 2. The molecule has 1 N–H and O–H groups in total. The van der Waals surface area contributed by atoms with E-state index in [0.717, 1.165) is 23.9 Å². The second-order valence-corrected chi connectivity index (χ2v) is 8.68. The number of carbonyl (C=O) groups is 2. The second-order valence-electron chi connectivity index (χ2n) is 8.68. The van der Waals surface area contributed by atoms with E-state index in [2.05, 4.69) is 10.4 Å². The van der Waals surface area contributed by atoms with Crippen LogP contribution in [0.25, 0.3) is 0 Å². The predicted molar refractivity (Wildman–Crippen MR) is 111 cm³/mol. The summed E-state index contributed by atoms with van der Waals surface area (Å²) >= 11 is 0. The largest absolute Gasteiger partial charge is 0.469 e. The van der Waals surface area contributed by atoms with Crippen molar-refractivity contribution in [3.05, 3.63) is 47.7 Å². The van der Waals surface area contributed by atoms with Gasteiger partial charge in [-0.3, -0.25) is 9.59 Å². The first-order valence-electron chi connectivity index (χ1n) is 10.8. The van der Waals surface area contributed by atoms with Crippen molar-refractivity contribution in [1.29, 1.82) is 0 Å². The molecule has 0 radical (unpaired) electrons. The summed E-state index contributed by atoms with van der Waals surface area (Å²) in [6, 6.07) is 6.36. The number of aromatic nitrogens is 2. The number of ketones is 1. The van der Waals surface area contributed by atoms with Gasteiger partial charge in [-0.15, -0.1) is 0 Å². The first kappa shape index (κ1) is 22.4. The summed E-state index contributed by atoms with van der Waals surface area (Å²) in [6.45, 7) is 0. The van der Waals surface area contributed by atoms with Crippen LogP contribution in [0.2, 0.25) is 0 Å². The van der Waals surface area contributed by atoms with Gasteiger partial charge in [0.05, 0.1) is 30.3 Å². The Morgan fingerprint density at radius 3 is 2.50 bits per heavy atom. The van der Waals surface area contributed by atoms with Crippen molar-refractivity contribution in [3.8, 4) is 0 Å². The summed E-state index contributed by atoms with van der Waals surface area (Å²) in [5.74, 6) is -0.788. The maximum Gasteiger partial charge on any atom is 0.410 e. The minimum atomic E-state index is -4.52. The molecule has 6 nitrogen and oxygen atoms in total. The molecule has 0 unspecified atom stereocenters. The Labute approximate surface area is 184 Å². The molecule has 1 fully saturated rings. The number of hydrogen-bond acceptors (Lipinski definition) is 5. The van der Waals surface area contributed by atoms with Crippen molar-refractivity contribution in [3.63, 3.8) is 0 Å². The van der Waals surface area contributed by atoms with E-state index >= 15 is 0 Å². The molecule has 4 rings (SSSR count). The van der Waals surface area contributed by atoms with Crippen LogP contribution in [0.1, 0.15) is 73.0 Å². The van der Waals surface area contributed by atoms with Crippen LogP contribution in [0.5, 0.6) is 0 Å². The fourth-order valence-corrected chi connectivity index (χ4v) is 4.97. The normalized spacial score (nSPS) is 22.5. The van der Waals surface area contributed by atoms with Crippen LogP contribution in [0.15, 0.2) is 36.5 Å². The molecule has 1 aromatic heterocycles. The highest BCUT2D eigenvalue weighted by molar-refractivity contribution is 6.02. The Kier molecular flexibility index (Phi) is 6.01. The van der Waals surface area contributed by atoms with E-state index in [-0.39, 0.29) is 24.2 Å². The third kappa shape index (κ3) is 4.12. The number of esters is 1. The van der Waals surface area contributed by atoms with E-state index in [1.165, 1.54) is 13.3 Å². The van der Waals surface area contributed by atoms with Crippen molar-refractivity contribution < 1.29 is 27.5 Å². The van der Waals surface area contributed by atoms with Crippen molar-refractivity contribution in [2.45, 2.75) is 63.2 Å². The lowest BCUT2D eigenvalue weighted by molar-refractivity contribution is -0.173. The highest BCUT2D eigenvalue weighted by Gasteiger charge is 2.48. The van der Waals surface area contributed by atoms with E-state index in [9.17, 15) is 22.8 Å². The lowest BCUT2D eigenvalue weighted by atomic mass is 9.70. The number of benzene rings is 1. The summed E-state index contributed by atoms with van der Waals surface area (Å²) in [5.41, 5.74) is -0.157. The maximum absolute atomic E-state index is 13.9. The molecule has 9 heteroatoms. The van der Waals surface area contributed by atoms with Gasteiger partial charge in [0.25, 0.3) is 0 Å². The smallest absolute Gasteiger partial charge is 0.410 e. The standard InChI is InChI=1S/C23H26F3N3O3/c1-32-21(31)22(10-6-3-7-11-22)13-18(30)16-14-27-29-19(23(24,25)26)12-17(28-20(16)29)15-8-4-2-5-9-15/h2,4-5,8-9,14,17,19,28H,3,6-7,10-13H2,1H3/t17-,19+/m0/s1. The van der Waals surface area contributed by atoms with Gasteiger partial charge < -0.3 is 10.1 Å². The van der Waals surface area contributed by atoms with Gasteiger partial charge in [0.1, 0.15) is 5.82 Å². The van der Waals surface area contributed by atoms with Gasteiger partial charge >= 0.3 is 12.1 Å². The highest BCUT2D eigenvalue weighted by Crippen LogP contribution is 2.46. The summed E-state index contributed by atoms with van der Waals surface area (Å²) in [5, 5.41) is 7.03. The molecule has 32 heavy (non-hydrogen) atoms. The number of carbonyl (C=O) groups excluding carboxylic acids is 2. The predicted octanol–water partition coefficient (Wildman–Crippen LogP) is 5.24. The number of ether oxygens (including phenoxy) is 1. The highest BCUT2D eigenvalue weighted by atomic mass is 19.4. The van der Waals surface area contributed by atoms with E-state index in [0.29, 0.717) is 18.4 Å². The Morgan fingerprint density at radius 2 is 1.88 bits per heavy atom. The first-order valence-corrected chi connectivity index (χ1v) is 10.8. The van der Waals surface area contributed by atoms with Gasteiger partial charge in [-0.05, 0) is 18.4 Å². The molecule has 1 saturated carbocycles. The lowest BCUT2D eigenvalue weighted by Crippen LogP contribution is -2.37. The van der Waals surface area contributed by atoms with Crippen LogP contribution < -0.4 is 5.32 Å². The topological polar surface area (TPSA) is 73.2 Å². The number of Topliss-reactive ketones (excluding diaryl/α,β-unsaturated/α-hetero) is 1. The number of nitrogens with one attached hydrogen (secondary N) is 1. The summed E-state index contributed by atoms with van der Waals surface area (Å²) < 4.78 is 47.5. The van der Waals surface area contributed by atoms with Gasteiger partial charge in [0.2, 0.25) is 0 Å². The minimum absolute atomic E-state index is 0.0493. The monoisotopic (exact) mass is 449 g/mol. The molecule has 2 heterocycles. The molecular formula is C23H26F3N3O3. The molecule has 172 valence electrons. The molecule has 0 saturated heterocycles. The molecule has 2 atom stereocenters. The number of hydrogen-bond donors (Lipinski definition) is 1. The van der Waals surface area contributed by atoms with Crippen LogP contribution in [-0.2, 0) is 9.53 Å². The van der Waals surface area contributed by atoms with Gasteiger partial charge in [0, 0.05) is 12.8 Å². The zero-order valence-corrected chi connectivity index (χ0v) is 17.8. The first-order chi connectivity index (χ1) is 15.2. The zero-order valence-electron chi connectivity index (χ0n) is 17.8. The van der Waals surface area contributed by atoms with Crippen molar-refractivity contribution >= 4 is 17.6 Å². The molecule has 1 aromatic carbocycles. The molecule has 1 aliphatic carbocycles. The van der Waals surface area contributed by atoms with Gasteiger partial charge in [-0.25, -0.2) is 4.68 Å². The van der Waals surface area contributed by atoms with Crippen LogP contribution in [0.4, 0.5) is 19.0 Å². The van der Waals surface area contributed by atoms with E-state index in [1.807, 2.05) is 0 Å². The Morgan fingerprint density at radius 1 is 1.19 bits per heavy atom. The maximum atomic E-state index is 13.9. The van der Waals surface area contributed by atoms with Gasteiger partial charge in [0.15, 0.2) is 11.8 Å². The SMILES string of the molecule is COC(=O)C1(CC(=O)c2cnn3c2N[C@H](c2ccccc2)C[C@@H]3C(F)(F)F)CCCCC1. The summed E-state index contributed by atoms with van der Waals surface area (Å²) in [7, 11) is 1.30. The molecule has 2 aliphatic rings. The van der Waals surface area contributed by atoms with Gasteiger partial charge in [-0.1, -0.05) is 49.6 Å². The minimum Gasteiger partial charge on any atom is -0.469 e. The van der Waals surface area contributed by atoms with Crippen molar-refractivity contribution in [1.82, 2.24) is 9.78 Å². The summed E-state index contributed by atoms with van der Waals surface area (Å²) in [4.78, 5) is 25.8. The number of halogens is 3. The van der Waals surface area contributed by atoms with Crippen LogP contribution in [0, 0.1) is 5.41 Å². The molecule has 2 aromatic rings. The van der Waals surface area contributed by atoms with Crippen LogP contribution >= 0.6 is 0 Å². The number of rotatable bonds is 5. The average Bonchev–Trinajstić information content (AvgIpc) is 3.22. The fraction of sp³-hybridized carbons (Fsp3) is 0.522. The third-order valence-electron chi connectivity index (χ3n) is 6.67. The van der Waals surface area contributed by atoms with Crippen molar-refractivity contribution in [2.75, 3.05) is 12.4 Å². The Balaban J connectivity index is 1.68. The Hall–Kier alpha value is -2.84. The number of fused-ring (bicyclic) bond motifs is 1. The van der Waals surface area contributed by atoms with E-state index in [4.69, 9.17) is 4.74 Å². The zero-order chi connectivity index (χ0) is 22.9. The van der Waals surface area contributed by atoms with Gasteiger partial charge in [-0.2, -0.15) is 18.3 Å². The quantitative estimate of drug-likeness (QED) is 0.499. The van der Waals surface area contributed by atoms with Crippen LogP contribution in [0.3, 0.4) is 0 Å². The summed E-state index contributed by atoms with van der Waals surface area (Å²) in [6.07, 6.45) is -0.0338. The van der Waals surface area contributed by atoms with Crippen molar-refractivity contribution in [2.24, 2.45) is 5.41 Å². The lowest BCUT2D eigenvalue weighted by Gasteiger charge is -2.35. The fourth-order valence-electron chi connectivity index (χ4n) is 4.97. The number of alkyl halides is 3. The molecule has 1 aliphatic heterocycles. The molecule has 0 amide bonds. The Bertz CT molecular complexity index is 981. The number of anilines is 1. The van der Waals surface area contributed by atoms with E-state index in [1.54, 1.807) is 30.3 Å². The van der Waals surface area contributed by atoms with Crippen LogP contribution in [-0.4, -0.2) is 34.8 Å². The number of methoxy groups -OCH3 is 1.